The molecule has 0 aliphatic carbocycles. The minimum absolute atomic E-state index is 0.0428. The summed E-state index contributed by atoms with van der Waals surface area (Å²) >= 11 is 0. The molecule has 2 saturated heterocycles. The number of likely N-dealkylation sites (tertiary alicyclic amines) is 2. The van der Waals surface area contributed by atoms with E-state index in [1.807, 2.05) is 41.3 Å². The molecule has 0 spiro atoms. The normalized spacial score (nSPS) is 18.9. The lowest BCUT2D eigenvalue weighted by molar-refractivity contribution is -0.144. The third kappa shape index (κ3) is 5.81. The first-order valence-corrected chi connectivity index (χ1v) is 14.7. The lowest BCUT2D eigenvalue weighted by Crippen LogP contribution is -2.53. The predicted octanol–water partition coefficient (Wildman–Crippen LogP) is 2.63. The van der Waals surface area contributed by atoms with E-state index in [0.717, 1.165) is 35.6 Å². The second-order valence-corrected chi connectivity index (χ2v) is 11.9. The van der Waals surface area contributed by atoms with Gasteiger partial charge in [0.1, 0.15) is 17.9 Å². The Balaban J connectivity index is 1.36. The van der Waals surface area contributed by atoms with Gasteiger partial charge in [-0.1, -0.05) is 54.6 Å². The lowest BCUT2D eigenvalue weighted by atomic mass is 10.0. The van der Waals surface area contributed by atoms with Crippen LogP contribution in [0.3, 0.4) is 0 Å². The van der Waals surface area contributed by atoms with E-state index in [0.29, 0.717) is 25.1 Å². The molecule has 2 aliphatic heterocycles. The number of carbonyl (C=O) groups excluding carboxylic acids is 2. The van der Waals surface area contributed by atoms with Crippen LogP contribution in [0.25, 0.3) is 10.8 Å². The predicted molar refractivity (Wildman–Crippen MR) is 150 cm³/mol. The summed E-state index contributed by atoms with van der Waals surface area (Å²) in [5.41, 5.74) is 7.00. The molecule has 2 fully saturated rings. The number of nitrogens with two attached hydrogens (primary N) is 1. The zero-order valence-corrected chi connectivity index (χ0v) is 22.5. The van der Waals surface area contributed by atoms with E-state index in [1.165, 1.54) is 11.0 Å². The fourth-order valence-electron chi connectivity index (χ4n) is 5.41. The van der Waals surface area contributed by atoms with E-state index in [-0.39, 0.29) is 29.6 Å². The first-order chi connectivity index (χ1) is 18.7. The second kappa shape index (κ2) is 11.2. The molecule has 2 atom stereocenters. The molecule has 2 heterocycles. The Morgan fingerprint density at radius 2 is 1.67 bits per heavy atom. The summed E-state index contributed by atoms with van der Waals surface area (Å²) in [5, 5.41) is 9.34. The van der Waals surface area contributed by atoms with Crippen LogP contribution in [-0.2, 0) is 26.0 Å². The minimum atomic E-state index is -3.95. The molecular weight excluding hydrogens is 514 g/mol. The molecule has 5 rings (SSSR count). The first kappa shape index (κ1) is 26.8. The molecule has 0 radical (unpaired) electrons. The van der Waals surface area contributed by atoms with E-state index >= 15 is 0 Å². The smallest absolute Gasteiger partial charge is 0.245 e. The number of amides is 2. The SMILES string of the molecule is N=C(N)c1ccc(CC(C(=O)N2CCCCC2)N2CCC(NS(=O)(=O)c3ccc4ccccc4c3)C2=O)cc1. The zero-order chi connectivity index (χ0) is 27.6. The Kier molecular flexibility index (Phi) is 7.67. The Hall–Kier alpha value is -3.76. The maximum absolute atomic E-state index is 13.7. The third-order valence-corrected chi connectivity index (χ3v) is 9.06. The summed E-state index contributed by atoms with van der Waals surface area (Å²) in [6.45, 7) is 1.58. The number of hydrogen-bond acceptors (Lipinski definition) is 5. The summed E-state index contributed by atoms with van der Waals surface area (Å²) in [6, 6.07) is 17.8. The molecular formula is C29H33N5O4S. The van der Waals surface area contributed by atoms with Crippen LogP contribution in [0.2, 0.25) is 0 Å². The van der Waals surface area contributed by atoms with Crippen molar-refractivity contribution in [3.05, 3.63) is 77.9 Å². The van der Waals surface area contributed by atoms with Crippen molar-refractivity contribution in [2.24, 2.45) is 5.73 Å². The molecule has 204 valence electrons. The molecule has 10 heteroatoms. The van der Waals surface area contributed by atoms with Crippen LogP contribution in [0.15, 0.2) is 71.6 Å². The molecule has 4 N–H and O–H groups in total. The van der Waals surface area contributed by atoms with Crippen molar-refractivity contribution in [3.63, 3.8) is 0 Å². The fourth-order valence-corrected chi connectivity index (χ4v) is 6.67. The molecule has 39 heavy (non-hydrogen) atoms. The largest absolute Gasteiger partial charge is 0.384 e. The lowest BCUT2D eigenvalue weighted by Gasteiger charge is -2.34. The van der Waals surface area contributed by atoms with Gasteiger partial charge in [0.25, 0.3) is 0 Å². The van der Waals surface area contributed by atoms with Gasteiger partial charge in [0.05, 0.1) is 4.90 Å². The molecule has 0 aromatic heterocycles. The topological polar surface area (TPSA) is 137 Å². The molecule has 9 nitrogen and oxygen atoms in total. The van der Waals surface area contributed by atoms with E-state index in [1.54, 1.807) is 24.3 Å². The fraction of sp³-hybridized carbons (Fsp3) is 0.345. The summed E-state index contributed by atoms with van der Waals surface area (Å²) in [6.07, 6.45) is 3.49. The standard InChI is InChI=1S/C29H33N5O4S/c30-27(31)22-10-8-20(9-11-22)18-26(29(36)33-15-4-1-5-16-33)34-17-14-25(28(34)35)32-39(37,38)24-13-12-21-6-2-3-7-23(21)19-24/h2-3,6-13,19,25-26,32H,1,4-5,14-18H2,(H3,30,31). The van der Waals surface area contributed by atoms with Gasteiger partial charge in [-0.25, -0.2) is 8.42 Å². The van der Waals surface area contributed by atoms with Gasteiger partial charge in [-0.2, -0.15) is 4.72 Å². The minimum Gasteiger partial charge on any atom is -0.384 e. The van der Waals surface area contributed by atoms with Gasteiger partial charge < -0.3 is 15.5 Å². The molecule has 2 amide bonds. The number of nitrogen functional groups attached to an aromatic ring is 1. The highest BCUT2D eigenvalue weighted by molar-refractivity contribution is 7.89. The van der Waals surface area contributed by atoms with Gasteiger partial charge >= 0.3 is 0 Å². The maximum atomic E-state index is 13.7. The van der Waals surface area contributed by atoms with Crippen LogP contribution in [-0.4, -0.2) is 67.6 Å². The summed E-state index contributed by atoms with van der Waals surface area (Å²) in [5.74, 6) is -0.550. The Bertz CT molecular complexity index is 1500. The monoisotopic (exact) mass is 547 g/mol. The first-order valence-electron chi connectivity index (χ1n) is 13.3. The number of rotatable bonds is 8. The molecule has 0 bridgehead atoms. The Labute approximate surface area is 228 Å². The van der Waals surface area contributed by atoms with Gasteiger partial charge in [0, 0.05) is 31.6 Å². The van der Waals surface area contributed by atoms with Crippen LogP contribution in [0.5, 0.6) is 0 Å². The van der Waals surface area contributed by atoms with Crippen LogP contribution in [0, 0.1) is 5.41 Å². The maximum Gasteiger partial charge on any atom is 0.245 e. The number of amidine groups is 1. The Morgan fingerprint density at radius 1 is 0.974 bits per heavy atom. The second-order valence-electron chi connectivity index (χ2n) is 10.2. The van der Waals surface area contributed by atoms with E-state index in [4.69, 9.17) is 11.1 Å². The van der Waals surface area contributed by atoms with Crippen LogP contribution >= 0.6 is 0 Å². The third-order valence-electron chi connectivity index (χ3n) is 7.59. The van der Waals surface area contributed by atoms with Crippen molar-refractivity contribution >= 4 is 38.4 Å². The summed E-state index contributed by atoms with van der Waals surface area (Å²) in [7, 11) is -3.95. The number of carbonyl (C=O) groups is 2. The average Bonchev–Trinajstić information content (AvgIpc) is 3.30. The van der Waals surface area contributed by atoms with Gasteiger partial charge in [0.2, 0.25) is 21.8 Å². The van der Waals surface area contributed by atoms with E-state index < -0.39 is 28.0 Å². The van der Waals surface area contributed by atoms with Crippen molar-refractivity contribution in [1.82, 2.24) is 14.5 Å². The Morgan fingerprint density at radius 3 is 2.36 bits per heavy atom. The van der Waals surface area contributed by atoms with Gasteiger partial charge in [-0.3, -0.25) is 15.0 Å². The van der Waals surface area contributed by atoms with Crippen LogP contribution < -0.4 is 10.5 Å². The van der Waals surface area contributed by atoms with Crippen molar-refractivity contribution in [2.45, 2.75) is 49.1 Å². The van der Waals surface area contributed by atoms with Gasteiger partial charge in [0.15, 0.2) is 0 Å². The molecule has 0 saturated carbocycles. The highest BCUT2D eigenvalue weighted by atomic mass is 32.2. The quantitative estimate of drug-likeness (QED) is 0.294. The molecule has 3 aromatic rings. The number of fused-ring (bicyclic) bond motifs is 1. The van der Waals surface area contributed by atoms with E-state index in [9.17, 15) is 18.0 Å². The number of nitrogens with zero attached hydrogens (tertiary/aromatic N) is 2. The summed E-state index contributed by atoms with van der Waals surface area (Å²) < 4.78 is 29.0. The van der Waals surface area contributed by atoms with Gasteiger partial charge in [-0.05, 0) is 54.2 Å². The average molecular weight is 548 g/mol. The highest BCUT2D eigenvalue weighted by Gasteiger charge is 2.42. The number of nitrogens with one attached hydrogen (secondary N) is 2. The van der Waals surface area contributed by atoms with Gasteiger partial charge in [-0.15, -0.1) is 0 Å². The summed E-state index contributed by atoms with van der Waals surface area (Å²) in [4.78, 5) is 30.7. The number of benzene rings is 3. The van der Waals surface area contributed by atoms with Crippen molar-refractivity contribution in [3.8, 4) is 0 Å². The number of sulfonamides is 1. The molecule has 2 unspecified atom stereocenters. The van der Waals surface area contributed by atoms with Crippen LogP contribution in [0.1, 0.15) is 36.8 Å². The van der Waals surface area contributed by atoms with Crippen molar-refractivity contribution < 1.29 is 18.0 Å². The molecule has 2 aliphatic rings. The van der Waals surface area contributed by atoms with E-state index in [2.05, 4.69) is 4.72 Å². The highest BCUT2D eigenvalue weighted by Crippen LogP contribution is 2.24. The van der Waals surface area contributed by atoms with Crippen molar-refractivity contribution in [2.75, 3.05) is 19.6 Å². The van der Waals surface area contributed by atoms with Crippen molar-refractivity contribution in [1.29, 1.82) is 5.41 Å². The number of hydrogen-bond donors (Lipinski definition) is 3. The molecule has 3 aromatic carbocycles. The number of piperidine rings is 1. The zero-order valence-electron chi connectivity index (χ0n) is 21.7. The van der Waals surface area contributed by atoms with Crippen LogP contribution in [0.4, 0.5) is 0 Å².